The molecular weight excluding hydrogens is 323 g/mol. The number of nitrogens with zero attached hydrogens (tertiary/aromatic N) is 3. The zero-order valence-electron chi connectivity index (χ0n) is 8.48. The van der Waals surface area contributed by atoms with Gasteiger partial charge in [-0.1, -0.05) is 0 Å². The zero-order valence-corrected chi connectivity index (χ0v) is 10.6. The Kier molecular flexibility index (Phi) is 3.03. The number of carbonyl (C=O) groups excluding carboxylic acids is 2. The molecule has 0 aliphatic carbocycles. The average Bonchev–Trinajstić information content (AvgIpc) is 2.50. The van der Waals surface area contributed by atoms with Crippen molar-refractivity contribution in [1.82, 2.24) is 14.9 Å². The lowest BCUT2D eigenvalue weighted by Crippen LogP contribution is -2.32. The summed E-state index contributed by atoms with van der Waals surface area (Å²) in [6.45, 7) is 0. The molecule has 1 aromatic rings. The van der Waals surface area contributed by atoms with E-state index in [4.69, 9.17) is 0 Å². The Labute approximate surface area is 106 Å². The predicted octanol–water partition coefficient (Wildman–Crippen LogP) is 0.250. The van der Waals surface area contributed by atoms with Crippen molar-refractivity contribution >= 4 is 40.2 Å². The molecule has 0 radical (unpaired) electrons. The van der Waals surface area contributed by atoms with Crippen LogP contribution in [0.5, 0.6) is 0 Å². The highest BCUT2D eigenvalue weighted by Crippen LogP contribution is 2.18. The second kappa shape index (κ2) is 4.32. The molecule has 7 heteroatoms. The first-order valence-corrected chi connectivity index (χ1v) is 5.70. The van der Waals surface area contributed by atoms with Crippen LogP contribution in [0, 0.1) is 3.57 Å². The summed E-state index contributed by atoms with van der Waals surface area (Å²) in [4.78, 5) is 31.9. The molecule has 1 atom stereocenters. The molecule has 6 nitrogen and oxygen atoms in total. The van der Waals surface area contributed by atoms with Crippen molar-refractivity contribution in [1.29, 1.82) is 0 Å². The minimum Gasteiger partial charge on any atom is -0.357 e. The van der Waals surface area contributed by atoms with Crippen LogP contribution in [0.25, 0.3) is 0 Å². The molecule has 2 heterocycles. The van der Waals surface area contributed by atoms with E-state index in [-0.39, 0.29) is 18.2 Å². The number of hydrogen-bond donors (Lipinski definition) is 1. The maximum Gasteiger partial charge on any atom is 0.251 e. The van der Waals surface area contributed by atoms with Gasteiger partial charge in [-0.25, -0.2) is 9.97 Å². The van der Waals surface area contributed by atoms with Crippen molar-refractivity contribution in [3.05, 3.63) is 16.1 Å². The second-order valence-corrected chi connectivity index (χ2v) is 4.57. The SMILES string of the molecule is CN1C(=O)CC(Nc2ncncc2I)C1=O. The number of hydrogen-bond acceptors (Lipinski definition) is 5. The van der Waals surface area contributed by atoms with E-state index < -0.39 is 6.04 Å². The van der Waals surface area contributed by atoms with Crippen LogP contribution in [-0.2, 0) is 9.59 Å². The average molecular weight is 332 g/mol. The quantitative estimate of drug-likeness (QED) is 0.621. The summed E-state index contributed by atoms with van der Waals surface area (Å²) in [7, 11) is 1.48. The molecule has 16 heavy (non-hydrogen) atoms. The first kappa shape index (κ1) is 11.2. The molecule has 2 amide bonds. The Morgan fingerprint density at radius 1 is 1.56 bits per heavy atom. The predicted molar refractivity (Wildman–Crippen MR) is 64.6 cm³/mol. The van der Waals surface area contributed by atoms with Gasteiger partial charge in [-0.2, -0.15) is 0 Å². The molecule has 1 saturated heterocycles. The molecule has 0 spiro atoms. The highest BCUT2D eigenvalue weighted by atomic mass is 127. The van der Waals surface area contributed by atoms with E-state index in [1.54, 1.807) is 6.20 Å². The maximum atomic E-state index is 11.6. The van der Waals surface area contributed by atoms with Crippen molar-refractivity contribution in [2.45, 2.75) is 12.5 Å². The number of halogens is 1. The van der Waals surface area contributed by atoms with Crippen LogP contribution in [0.1, 0.15) is 6.42 Å². The topological polar surface area (TPSA) is 75.2 Å². The summed E-state index contributed by atoms with van der Waals surface area (Å²) in [5.74, 6) is 0.183. The van der Waals surface area contributed by atoms with Gasteiger partial charge in [0.2, 0.25) is 5.91 Å². The van der Waals surface area contributed by atoms with Crippen LogP contribution < -0.4 is 5.32 Å². The minimum atomic E-state index is -0.513. The molecule has 2 rings (SSSR count). The standard InChI is InChI=1S/C9H9IN4O2/c1-14-7(15)2-6(9(14)16)13-8-5(10)3-11-4-12-8/h3-4,6H,2H2,1H3,(H,11,12,13). The molecule has 1 aliphatic rings. The smallest absolute Gasteiger partial charge is 0.251 e. The molecule has 0 bridgehead atoms. The number of likely N-dealkylation sites (tertiary alicyclic amines) is 1. The summed E-state index contributed by atoms with van der Waals surface area (Å²) in [5.41, 5.74) is 0. The third-order valence-corrected chi connectivity index (χ3v) is 3.15. The van der Waals surface area contributed by atoms with Crippen LogP contribution in [0.3, 0.4) is 0 Å². The Balaban J connectivity index is 2.15. The number of nitrogens with one attached hydrogen (secondary N) is 1. The second-order valence-electron chi connectivity index (χ2n) is 3.41. The number of likely N-dealkylation sites (N-methyl/N-ethyl adjacent to an activating group) is 1. The molecule has 1 unspecified atom stereocenters. The van der Waals surface area contributed by atoms with Gasteiger partial charge in [0, 0.05) is 13.2 Å². The Bertz CT molecular complexity index is 451. The van der Waals surface area contributed by atoms with Crippen molar-refractivity contribution in [3.63, 3.8) is 0 Å². The lowest BCUT2D eigenvalue weighted by Gasteiger charge is -2.12. The number of carbonyl (C=O) groups is 2. The van der Waals surface area contributed by atoms with Crippen molar-refractivity contribution < 1.29 is 9.59 Å². The van der Waals surface area contributed by atoms with Gasteiger partial charge in [-0.3, -0.25) is 14.5 Å². The van der Waals surface area contributed by atoms with Crippen LogP contribution in [-0.4, -0.2) is 39.8 Å². The Morgan fingerprint density at radius 3 is 2.88 bits per heavy atom. The molecular formula is C9H9IN4O2. The third kappa shape index (κ3) is 1.99. The lowest BCUT2D eigenvalue weighted by atomic mass is 10.2. The highest BCUT2D eigenvalue weighted by Gasteiger charge is 2.36. The van der Waals surface area contributed by atoms with Gasteiger partial charge >= 0.3 is 0 Å². The number of rotatable bonds is 2. The van der Waals surface area contributed by atoms with Gasteiger partial charge in [0.05, 0.1) is 9.99 Å². The van der Waals surface area contributed by atoms with Gasteiger partial charge in [-0.05, 0) is 22.6 Å². The molecule has 1 N–H and O–H groups in total. The first-order valence-electron chi connectivity index (χ1n) is 4.62. The zero-order chi connectivity index (χ0) is 11.7. The number of amides is 2. The van der Waals surface area contributed by atoms with E-state index in [1.807, 2.05) is 0 Å². The number of imide groups is 1. The largest absolute Gasteiger partial charge is 0.357 e. The number of anilines is 1. The normalized spacial score (nSPS) is 20.4. The monoisotopic (exact) mass is 332 g/mol. The van der Waals surface area contributed by atoms with Crippen molar-refractivity contribution in [3.8, 4) is 0 Å². The van der Waals surface area contributed by atoms with E-state index in [0.29, 0.717) is 5.82 Å². The van der Waals surface area contributed by atoms with Crippen molar-refractivity contribution in [2.75, 3.05) is 12.4 Å². The van der Waals surface area contributed by atoms with Gasteiger partial charge in [0.1, 0.15) is 18.2 Å². The van der Waals surface area contributed by atoms with Crippen LogP contribution in [0.4, 0.5) is 5.82 Å². The minimum absolute atomic E-state index is 0.174. The van der Waals surface area contributed by atoms with Gasteiger partial charge in [0.25, 0.3) is 5.91 Å². The molecule has 0 aromatic carbocycles. The fourth-order valence-electron chi connectivity index (χ4n) is 1.45. The maximum absolute atomic E-state index is 11.6. The van der Waals surface area contributed by atoms with Crippen LogP contribution in [0.15, 0.2) is 12.5 Å². The summed E-state index contributed by atoms with van der Waals surface area (Å²) in [5, 5.41) is 2.95. The summed E-state index contributed by atoms with van der Waals surface area (Å²) in [6.07, 6.45) is 3.21. The molecule has 1 aliphatic heterocycles. The first-order chi connectivity index (χ1) is 7.59. The summed E-state index contributed by atoms with van der Waals surface area (Å²) < 4.78 is 0.815. The van der Waals surface area contributed by atoms with E-state index >= 15 is 0 Å². The van der Waals surface area contributed by atoms with E-state index in [2.05, 4.69) is 37.9 Å². The molecule has 0 saturated carbocycles. The third-order valence-electron chi connectivity index (χ3n) is 2.36. The highest BCUT2D eigenvalue weighted by molar-refractivity contribution is 14.1. The molecule has 1 aromatic heterocycles. The van der Waals surface area contributed by atoms with Gasteiger partial charge in [0.15, 0.2) is 0 Å². The Morgan fingerprint density at radius 2 is 2.31 bits per heavy atom. The van der Waals surface area contributed by atoms with E-state index in [9.17, 15) is 9.59 Å². The summed E-state index contributed by atoms with van der Waals surface area (Å²) >= 11 is 2.07. The van der Waals surface area contributed by atoms with Crippen LogP contribution >= 0.6 is 22.6 Å². The fraction of sp³-hybridized carbons (Fsp3) is 0.333. The molecule has 84 valence electrons. The van der Waals surface area contributed by atoms with Crippen LogP contribution in [0.2, 0.25) is 0 Å². The number of aromatic nitrogens is 2. The fourth-order valence-corrected chi connectivity index (χ4v) is 1.91. The van der Waals surface area contributed by atoms with E-state index in [0.717, 1.165) is 8.47 Å². The Hall–Kier alpha value is -1.25. The van der Waals surface area contributed by atoms with Gasteiger partial charge in [-0.15, -0.1) is 0 Å². The molecule has 1 fully saturated rings. The lowest BCUT2D eigenvalue weighted by molar-refractivity contribution is -0.136. The van der Waals surface area contributed by atoms with Gasteiger partial charge < -0.3 is 5.32 Å². The van der Waals surface area contributed by atoms with Crippen molar-refractivity contribution in [2.24, 2.45) is 0 Å². The summed E-state index contributed by atoms with van der Waals surface area (Å²) in [6, 6.07) is -0.513. The van der Waals surface area contributed by atoms with E-state index in [1.165, 1.54) is 13.4 Å².